The number of nitrogens with zero attached hydrogens (tertiary/aromatic N) is 4. The fourth-order valence-electron chi connectivity index (χ4n) is 2.76. The first kappa shape index (κ1) is 16.0. The SMILES string of the molecule is CN(CCn1cccn1)c1ccc(S(=O)(=O)N2CCCC2)cc1. The molecule has 1 aliphatic rings. The predicted molar refractivity (Wildman–Crippen MR) is 89.9 cm³/mol. The van der Waals surface area contributed by atoms with Crippen molar-refractivity contribution in [3.05, 3.63) is 42.7 Å². The van der Waals surface area contributed by atoms with Crippen molar-refractivity contribution in [2.45, 2.75) is 24.3 Å². The maximum atomic E-state index is 12.5. The molecule has 0 aliphatic carbocycles. The Morgan fingerprint density at radius 1 is 1.17 bits per heavy atom. The molecule has 1 aromatic heterocycles. The van der Waals surface area contributed by atoms with Gasteiger partial charge in [0.25, 0.3) is 0 Å². The van der Waals surface area contributed by atoms with Crippen LogP contribution in [0.1, 0.15) is 12.8 Å². The molecule has 1 fully saturated rings. The maximum Gasteiger partial charge on any atom is 0.243 e. The topological polar surface area (TPSA) is 58.4 Å². The highest BCUT2D eigenvalue weighted by Gasteiger charge is 2.26. The largest absolute Gasteiger partial charge is 0.373 e. The lowest BCUT2D eigenvalue weighted by molar-refractivity contribution is 0.477. The molecule has 0 spiro atoms. The Morgan fingerprint density at radius 3 is 2.48 bits per heavy atom. The molecule has 1 aliphatic heterocycles. The van der Waals surface area contributed by atoms with Crippen LogP contribution in [0.4, 0.5) is 5.69 Å². The van der Waals surface area contributed by atoms with E-state index in [4.69, 9.17) is 0 Å². The summed E-state index contributed by atoms with van der Waals surface area (Å²) in [6, 6.07) is 9.04. The van der Waals surface area contributed by atoms with Crippen molar-refractivity contribution in [3.63, 3.8) is 0 Å². The average Bonchev–Trinajstić information content (AvgIpc) is 3.26. The molecule has 1 saturated heterocycles. The van der Waals surface area contributed by atoms with E-state index in [9.17, 15) is 8.42 Å². The fraction of sp³-hybridized carbons (Fsp3) is 0.438. The highest BCUT2D eigenvalue weighted by Crippen LogP contribution is 2.23. The lowest BCUT2D eigenvalue weighted by Crippen LogP contribution is -2.28. The van der Waals surface area contributed by atoms with Crippen LogP contribution in [0.25, 0.3) is 0 Å². The van der Waals surface area contributed by atoms with Gasteiger partial charge in [-0.25, -0.2) is 8.42 Å². The standard InChI is InChI=1S/C16H22N4O2S/c1-18(13-14-19-10-4-9-17-19)15-5-7-16(8-6-15)23(21,22)20-11-2-3-12-20/h4-10H,2-3,11-14H2,1H3. The van der Waals surface area contributed by atoms with E-state index in [0.29, 0.717) is 18.0 Å². The van der Waals surface area contributed by atoms with E-state index in [1.54, 1.807) is 22.6 Å². The van der Waals surface area contributed by atoms with Crippen molar-refractivity contribution in [3.8, 4) is 0 Å². The second-order valence-electron chi connectivity index (χ2n) is 5.80. The summed E-state index contributed by atoms with van der Waals surface area (Å²) < 4.78 is 28.4. The van der Waals surface area contributed by atoms with Gasteiger partial charge >= 0.3 is 0 Å². The summed E-state index contributed by atoms with van der Waals surface area (Å²) in [5, 5.41) is 4.18. The van der Waals surface area contributed by atoms with Gasteiger partial charge in [-0.1, -0.05) is 0 Å². The van der Waals surface area contributed by atoms with Gasteiger partial charge in [-0.3, -0.25) is 4.68 Å². The summed E-state index contributed by atoms with van der Waals surface area (Å²) in [7, 11) is -1.33. The second-order valence-corrected chi connectivity index (χ2v) is 7.73. The summed E-state index contributed by atoms with van der Waals surface area (Å²) >= 11 is 0. The molecule has 2 heterocycles. The van der Waals surface area contributed by atoms with Gasteiger partial charge in [0, 0.05) is 44.8 Å². The number of hydrogen-bond acceptors (Lipinski definition) is 4. The van der Waals surface area contributed by atoms with Gasteiger partial charge in [0.2, 0.25) is 10.0 Å². The summed E-state index contributed by atoms with van der Waals surface area (Å²) in [4.78, 5) is 2.47. The number of anilines is 1. The molecular formula is C16H22N4O2S. The molecule has 2 aromatic rings. The van der Waals surface area contributed by atoms with Crippen LogP contribution in [0.5, 0.6) is 0 Å². The third-order valence-corrected chi connectivity index (χ3v) is 6.12. The number of sulfonamides is 1. The minimum atomic E-state index is -3.33. The lowest BCUT2D eigenvalue weighted by Gasteiger charge is -2.20. The lowest BCUT2D eigenvalue weighted by atomic mass is 10.3. The Balaban J connectivity index is 1.66. The Kier molecular flexibility index (Phi) is 4.68. The van der Waals surface area contributed by atoms with Gasteiger partial charge in [0.05, 0.1) is 11.4 Å². The van der Waals surface area contributed by atoms with E-state index in [-0.39, 0.29) is 0 Å². The molecule has 0 saturated carbocycles. The van der Waals surface area contributed by atoms with E-state index < -0.39 is 10.0 Å². The molecule has 0 bridgehead atoms. The molecule has 23 heavy (non-hydrogen) atoms. The monoisotopic (exact) mass is 334 g/mol. The van der Waals surface area contributed by atoms with Crippen LogP contribution in [-0.2, 0) is 16.6 Å². The van der Waals surface area contributed by atoms with E-state index in [2.05, 4.69) is 10.00 Å². The van der Waals surface area contributed by atoms with Gasteiger partial charge in [0.1, 0.15) is 0 Å². The van der Waals surface area contributed by atoms with Gasteiger partial charge in [-0.15, -0.1) is 0 Å². The van der Waals surface area contributed by atoms with Crippen molar-refractivity contribution in [1.82, 2.24) is 14.1 Å². The van der Waals surface area contributed by atoms with Gasteiger partial charge < -0.3 is 4.90 Å². The Bertz CT molecular complexity index is 720. The molecular weight excluding hydrogens is 312 g/mol. The zero-order valence-corrected chi connectivity index (χ0v) is 14.1. The molecule has 7 heteroatoms. The zero-order valence-electron chi connectivity index (χ0n) is 13.3. The van der Waals surface area contributed by atoms with E-state index in [1.807, 2.05) is 36.1 Å². The molecule has 0 unspecified atom stereocenters. The van der Waals surface area contributed by atoms with Crippen LogP contribution in [-0.4, -0.2) is 49.2 Å². The van der Waals surface area contributed by atoms with Crippen molar-refractivity contribution in [2.24, 2.45) is 0 Å². The summed E-state index contributed by atoms with van der Waals surface area (Å²) in [6.45, 7) is 2.86. The molecule has 0 atom stereocenters. The number of aromatic nitrogens is 2. The molecule has 6 nitrogen and oxygen atoms in total. The molecule has 0 radical (unpaired) electrons. The molecule has 124 valence electrons. The third-order valence-electron chi connectivity index (χ3n) is 4.20. The second kappa shape index (κ2) is 6.72. The van der Waals surface area contributed by atoms with E-state index in [1.165, 1.54) is 0 Å². The smallest absolute Gasteiger partial charge is 0.243 e. The van der Waals surface area contributed by atoms with Gasteiger partial charge in [-0.2, -0.15) is 9.40 Å². The van der Waals surface area contributed by atoms with Crippen molar-refractivity contribution < 1.29 is 8.42 Å². The number of hydrogen-bond donors (Lipinski definition) is 0. The predicted octanol–water partition coefficient (Wildman–Crippen LogP) is 1.80. The number of benzene rings is 1. The van der Waals surface area contributed by atoms with E-state index in [0.717, 1.165) is 31.6 Å². The maximum absolute atomic E-state index is 12.5. The summed E-state index contributed by atoms with van der Waals surface area (Å²) in [5.41, 5.74) is 0.998. The van der Waals surface area contributed by atoms with Crippen molar-refractivity contribution in [1.29, 1.82) is 0 Å². The molecule has 0 N–H and O–H groups in total. The van der Waals surface area contributed by atoms with Crippen LogP contribution < -0.4 is 4.90 Å². The minimum absolute atomic E-state index is 0.378. The molecule has 0 amide bonds. The zero-order chi connectivity index (χ0) is 16.3. The van der Waals surface area contributed by atoms with Gasteiger partial charge in [0.15, 0.2) is 0 Å². The molecule has 1 aromatic carbocycles. The summed E-state index contributed by atoms with van der Waals surface area (Å²) in [6.07, 6.45) is 5.60. The van der Waals surface area contributed by atoms with Gasteiger partial charge in [-0.05, 0) is 43.2 Å². The van der Waals surface area contributed by atoms with E-state index >= 15 is 0 Å². The normalized spacial score (nSPS) is 15.9. The fourth-order valence-corrected chi connectivity index (χ4v) is 4.28. The third kappa shape index (κ3) is 3.56. The number of rotatable bonds is 6. The van der Waals surface area contributed by atoms with Crippen molar-refractivity contribution in [2.75, 3.05) is 31.6 Å². The Hall–Kier alpha value is -1.86. The van der Waals surface area contributed by atoms with Crippen LogP contribution in [0.3, 0.4) is 0 Å². The van der Waals surface area contributed by atoms with Crippen LogP contribution in [0.15, 0.2) is 47.6 Å². The summed E-state index contributed by atoms with van der Waals surface area (Å²) in [5.74, 6) is 0. The first-order valence-electron chi connectivity index (χ1n) is 7.86. The molecule has 3 rings (SSSR count). The Morgan fingerprint density at radius 2 is 1.87 bits per heavy atom. The number of likely N-dealkylation sites (N-methyl/N-ethyl adjacent to an activating group) is 1. The van der Waals surface area contributed by atoms with Crippen LogP contribution in [0.2, 0.25) is 0 Å². The highest BCUT2D eigenvalue weighted by atomic mass is 32.2. The van der Waals surface area contributed by atoms with Crippen LogP contribution >= 0.6 is 0 Å². The van der Waals surface area contributed by atoms with Crippen LogP contribution in [0, 0.1) is 0 Å². The Labute approximate surface area is 137 Å². The minimum Gasteiger partial charge on any atom is -0.373 e. The van der Waals surface area contributed by atoms with Crippen molar-refractivity contribution >= 4 is 15.7 Å². The highest BCUT2D eigenvalue weighted by molar-refractivity contribution is 7.89. The quantitative estimate of drug-likeness (QED) is 0.808. The average molecular weight is 334 g/mol. The first-order chi connectivity index (χ1) is 11.1. The first-order valence-corrected chi connectivity index (χ1v) is 9.30.